The highest BCUT2D eigenvalue weighted by Gasteiger charge is 2.24. The second-order valence-corrected chi connectivity index (χ2v) is 10.4. The number of carbonyl (C=O) groups excluding carboxylic acids is 1. The van der Waals surface area contributed by atoms with E-state index in [1.54, 1.807) is 0 Å². The summed E-state index contributed by atoms with van der Waals surface area (Å²) in [6.07, 6.45) is 2.78. The Morgan fingerprint density at radius 1 is 1.12 bits per heavy atom. The molecule has 0 radical (unpaired) electrons. The number of hydrogen-bond donors (Lipinski definition) is 1. The third kappa shape index (κ3) is 4.66. The first-order chi connectivity index (χ1) is 16.2. The number of nitrogens with zero attached hydrogens (tertiary/aromatic N) is 4. The summed E-state index contributed by atoms with van der Waals surface area (Å²) in [6.45, 7) is 11.9. The minimum atomic E-state index is -0.490. The van der Waals surface area contributed by atoms with Crippen LogP contribution in [0.25, 0.3) is 10.3 Å². The zero-order chi connectivity index (χ0) is 24.6. The maximum Gasteiger partial charge on any atom is 0.333 e. The summed E-state index contributed by atoms with van der Waals surface area (Å²) in [7, 11) is 0. The van der Waals surface area contributed by atoms with E-state index in [1.807, 2.05) is 39.8 Å². The number of carbonyl (C=O) groups is 1. The lowest BCUT2D eigenvalue weighted by Crippen LogP contribution is -2.41. The van der Waals surface area contributed by atoms with Crippen molar-refractivity contribution in [3.63, 3.8) is 0 Å². The van der Waals surface area contributed by atoms with Crippen molar-refractivity contribution in [1.29, 1.82) is 0 Å². The Balaban J connectivity index is 1.74. The van der Waals surface area contributed by atoms with E-state index >= 15 is 0 Å². The van der Waals surface area contributed by atoms with E-state index in [9.17, 15) is 14.4 Å². The van der Waals surface area contributed by atoms with Crippen molar-refractivity contribution < 1.29 is 4.79 Å². The van der Waals surface area contributed by atoms with E-state index in [2.05, 4.69) is 17.1 Å². The highest BCUT2D eigenvalue weighted by atomic mass is 32.1. The maximum atomic E-state index is 13.3. The number of fused-ring (bicyclic) bond motifs is 1. The van der Waals surface area contributed by atoms with Crippen molar-refractivity contribution in [3.8, 4) is 0 Å². The van der Waals surface area contributed by atoms with Gasteiger partial charge in [0.2, 0.25) is 5.91 Å². The van der Waals surface area contributed by atoms with Gasteiger partial charge in [-0.05, 0) is 57.1 Å². The van der Waals surface area contributed by atoms with Crippen LogP contribution in [0.3, 0.4) is 0 Å². The third-order valence-electron chi connectivity index (χ3n) is 6.50. The summed E-state index contributed by atoms with van der Waals surface area (Å²) in [5.74, 6) is 0.351. The van der Waals surface area contributed by atoms with Gasteiger partial charge in [-0.2, -0.15) is 0 Å². The first kappa shape index (κ1) is 24.2. The third-order valence-corrected chi connectivity index (χ3v) is 7.59. The van der Waals surface area contributed by atoms with E-state index in [1.165, 1.54) is 20.5 Å². The number of rotatable bonds is 6. The van der Waals surface area contributed by atoms with Crippen molar-refractivity contribution in [2.75, 3.05) is 23.3 Å². The summed E-state index contributed by atoms with van der Waals surface area (Å²) in [4.78, 5) is 46.4. The fraction of sp³-hybridized carbons (Fsp3) is 0.520. The molecule has 1 aliphatic heterocycles. The zero-order valence-corrected chi connectivity index (χ0v) is 21.4. The van der Waals surface area contributed by atoms with Gasteiger partial charge in [-0.3, -0.25) is 18.7 Å². The number of thiazole rings is 1. The Morgan fingerprint density at radius 2 is 1.76 bits per heavy atom. The average molecular weight is 484 g/mol. The molecule has 3 aromatic rings. The van der Waals surface area contributed by atoms with Crippen molar-refractivity contribution in [3.05, 3.63) is 49.7 Å². The second kappa shape index (κ2) is 9.74. The maximum absolute atomic E-state index is 13.3. The lowest BCUT2D eigenvalue weighted by atomic mass is 10.00. The molecule has 0 atom stereocenters. The molecule has 0 spiro atoms. The molecule has 1 amide bonds. The van der Waals surface area contributed by atoms with Crippen LogP contribution in [0.5, 0.6) is 0 Å². The Kier molecular flexibility index (Phi) is 6.93. The Bertz CT molecular complexity index is 1320. The number of amides is 1. The molecule has 1 saturated heterocycles. The molecular weight excluding hydrogens is 450 g/mol. The lowest BCUT2D eigenvalue weighted by Gasteiger charge is -2.29. The summed E-state index contributed by atoms with van der Waals surface area (Å²) >= 11 is 1.32. The molecule has 0 bridgehead atoms. The Hall–Kier alpha value is -2.94. The van der Waals surface area contributed by atoms with Gasteiger partial charge in [0.25, 0.3) is 5.56 Å². The van der Waals surface area contributed by atoms with Gasteiger partial charge < -0.3 is 10.2 Å². The number of aryl methyl sites for hydroxylation is 3. The number of nitrogens with one attached hydrogen (secondary N) is 1. The molecule has 4 rings (SSSR count). The molecular formula is C25H33N5O3S. The smallest absolute Gasteiger partial charge is 0.333 e. The van der Waals surface area contributed by atoms with E-state index < -0.39 is 5.69 Å². The van der Waals surface area contributed by atoms with E-state index in [-0.39, 0.29) is 18.0 Å². The van der Waals surface area contributed by atoms with Gasteiger partial charge in [-0.15, -0.1) is 0 Å². The fourth-order valence-electron chi connectivity index (χ4n) is 4.67. The minimum Gasteiger partial charge on any atom is -0.348 e. The summed E-state index contributed by atoms with van der Waals surface area (Å²) in [5, 5.41) is 3.71. The van der Waals surface area contributed by atoms with Crippen LogP contribution in [0, 0.1) is 26.7 Å². The first-order valence-corrected chi connectivity index (χ1v) is 12.8. The summed E-state index contributed by atoms with van der Waals surface area (Å²) in [5.41, 5.74) is 3.30. The number of anilines is 2. The van der Waals surface area contributed by atoms with Crippen LogP contribution in [-0.2, 0) is 17.9 Å². The Morgan fingerprint density at radius 3 is 2.38 bits per heavy atom. The normalized spacial score (nSPS) is 14.7. The second-order valence-electron chi connectivity index (χ2n) is 9.47. The van der Waals surface area contributed by atoms with Gasteiger partial charge in [0, 0.05) is 25.3 Å². The van der Waals surface area contributed by atoms with E-state index in [4.69, 9.17) is 4.98 Å². The van der Waals surface area contributed by atoms with Gasteiger partial charge in [0.15, 0.2) is 10.8 Å². The van der Waals surface area contributed by atoms with Gasteiger partial charge in [0.05, 0.1) is 0 Å². The van der Waals surface area contributed by atoms with E-state index in [0.29, 0.717) is 29.2 Å². The fourth-order valence-corrected chi connectivity index (χ4v) is 5.74. The largest absolute Gasteiger partial charge is 0.348 e. The highest BCUT2D eigenvalue weighted by molar-refractivity contribution is 7.22. The topological polar surface area (TPSA) is 89.2 Å². The molecule has 0 aliphatic carbocycles. The predicted octanol–water partition coefficient (Wildman–Crippen LogP) is 3.83. The van der Waals surface area contributed by atoms with Crippen LogP contribution in [0.4, 0.5) is 10.8 Å². The summed E-state index contributed by atoms with van der Waals surface area (Å²) < 4.78 is 3.02. The van der Waals surface area contributed by atoms with Crippen LogP contribution in [0.15, 0.2) is 21.7 Å². The van der Waals surface area contributed by atoms with Gasteiger partial charge in [-0.1, -0.05) is 42.9 Å². The van der Waals surface area contributed by atoms with Gasteiger partial charge in [0.1, 0.15) is 11.2 Å². The zero-order valence-electron chi connectivity index (χ0n) is 20.6. The number of benzene rings is 1. The summed E-state index contributed by atoms with van der Waals surface area (Å²) in [6, 6.07) is 4.03. The molecule has 2 aromatic heterocycles. The van der Waals surface area contributed by atoms with Crippen LogP contribution in [0.2, 0.25) is 0 Å². The van der Waals surface area contributed by atoms with Gasteiger partial charge in [-0.25, -0.2) is 9.78 Å². The Labute approximate surface area is 203 Å². The van der Waals surface area contributed by atoms with Crippen molar-refractivity contribution >= 4 is 38.4 Å². The van der Waals surface area contributed by atoms with E-state index in [0.717, 1.165) is 53.4 Å². The van der Waals surface area contributed by atoms with Crippen LogP contribution in [-0.4, -0.2) is 33.1 Å². The highest BCUT2D eigenvalue weighted by Crippen LogP contribution is 2.29. The van der Waals surface area contributed by atoms with Crippen molar-refractivity contribution in [2.24, 2.45) is 5.92 Å². The molecule has 3 heterocycles. The molecule has 1 fully saturated rings. The average Bonchev–Trinajstić information content (AvgIpc) is 3.23. The molecule has 34 heavy (non-hydrogen) atoms. The molecule has 1 aliphatic rings. The molecule has 0 saturated carbocycles. The van der Waals surface area contributed by atoms with Crippen molar-refractivity contribution in [1.82, 2.24) is 14.1 Å². The molecule has 1 N–H and O–H groups in total. The molecule has 9 heteroatoms. The first-order valence-electron chi connectivity index (χ1n) is 12.0. The van der Waals surface area contributed by atoms with Crippen molar-refractivity contribution in [2.45, 2.75) is 67.0 Å². The van der Waals surface area contributed by atoms with Crippen LogP contribution in [0.1, 0.15) is 49.8 Å². The molecule has 1 aromatic carbocycles. The molecule has 0 unspecified atom stereocenters. The minimum absolute atomic E-state index is 0.202. The number of aromatic nitrogens is 3. The van der Waals surface area contributed by atoms with Crippen LogP contribution < -0.4 is 21.5 Å². The lowest BCUT2D eigenvalue weighted by molar-refractivity contribution is -0.116. The standard InChI is InChI=1S/C25H33N5O3S/c1-6-9-29-23(32)21-22(27-24(34-21)28-10-7-15(2)8-11-28)30(25(29)33)14-19(31)26-20-17(4)12-16(3)13-18(20)5/h12-13,15H,6-11,14H2,1-5H3,(H,26,31). The monoisotopic (exact) mass is 483 g/mol. The SMILES string of the molecule is CCCn1c(=O)c2sc(N3CCC(C)CC3)nc2n(CC(=O)Nc2c(C)cc(C)cc2C)c1=O. The molecule has 182 valence electrons. The molecule has 8 nitrogen and oxygen atoms in total. The number of piperidine rings is 1. The van der Waals surface area contributed by atoms with Gasteiger partial charge >= 0.3 is 5.69 Å². The number of hydrogen-bond acceptors (Lipinski definition) is 6. The quantitative estimate of drug-likeness (QED) is 0.576. The van der Waals surface area contributed by atoms with Crippen LogP contribution >= 0.6 is 11.3 Å². The predicted molar refractivity (Wildman–Crippen MR) is 138 cm³/mol.